The molecule has 7 heteroatoms. The SMILES string of the molecule is C#Cc1ccc(C(CCCCCCCCCCCCCC)C(=O)N2CCN(C)CC2)cc1[N+](=O)[O-].Cl. The van der Waals surface area contributed by atoms with E-state index in [4.69, 9.17) is 6.42 Å². The molecule has 202 valence electrons. The van der Waals surface area contributed by atoms with Crippen molar-refractivity contribution in [3.05, 3.63) is 39.4 Å². The van der Waals surface area contributed by atoms with Gasteiger partial charge in [0, 0.05) is 32.2 Å². The van der Waals surface area contributed by atoms with Gasteiger partial charge in [-0.25, -0.2) is 0 Å². The maximum absolute atomic E-state index is 13.5. The largest absolute Gasteiger partial charge is 0.340 e. The van der Waals surface area contributed by atoms with Crippen LogP contribution in [-0.4, -0.2) is 53.9 Å². The summed E-state index contributed by atoms with van der Waals surface area (Å²) in [5.74, 6) is 2.12. The molecule has 0 N–H and O–H groups in total. The lowest BCUT2D eigenvalue weighted by Crippen LogP contribution is -2.48. The number of terminal acetylenes is 1. The summed E-state index contributed by atoms with van der Waals surface area (Å²) in [5.41, 5.74) is 0.883. The Kier molecular flexibility index (Phi) is 16.1. The van der Waals surface area contributed by atoms with Crippen molar-refractivity contribution >= 4 is 24.0 Å². The van der Waals surface area contributed by atoms with Crippen LogP contribution in [0.4, 0.5) is 5.69 Å². The lowest BCUT2D eigenvalue weighted by molar-refractivity contribution is -0.385. The molecule has 0 spiro atoms. The van der Waals surface area contributed by atoms with Crippen LogP contribution in [0.5, 0.6) is 0 Å². The van der Waals surface area contributed by atoms with Gasteiger partial charge in [-0.05, 0) is 25.1 Å². The zero-order valence-corrected chi connectivity index (χ0v) is 23.2. The third-order valence-corrected chi connectivity index (χ3v) is 7.24. The van der Waals surface area contributed by atoms with Crippen LogP contribution in [0.25, 0.3) is 0 Å². The van der Waals surface area contributed by atoms with Crippen LogP contribution in [-0.2, 0) is 4.79 Å². The second-order valence-corrected chi connectivity index (χ2v) is 10.0. The van der Waals surface area contributed by atoms with Crippen molar-refractivity contribution in [2.75, 3.05) is 33.2 Å². The van der Waals surface area contributed by atoms with Crippen LogP contribution in [0.3, 0.4) is 0 Å². The molecule has 1 aliphatic heterocycles. The van der Waals surface area contributed by atoms with Crippen LogP contribution in [0.2, 0.25) is 0 Å². The number of nitro groups is 1. The van der Waals surface area contributed by atoms with Gasteiger partial charge >= 0.3 is 0 Å². The molecule has 1 fully saturated rings. The third kappa shape index (κ3) is 10.9. The average Bonchev–Trinajstić information content (AvgIpc) is 2.86. The summed E-state index contributed by atoms with van der Waals surface area (Å²) in [7, 11) is 2.06. The fourth-order valence-corrected chi connectivity index (χ4v) is 4.91. The summed E-state index contributed by atoms with van der Waals surface area (Å²) in [6.07, 6.45) is 21.4. The zero-order valence-electron chi connectivity index (χ0n) is 22.4. The van der Waals surface area contributed by atoms with E-state index in [1.54, 1.807) is 12.1 Å². The molecule has 0 radical (unpaired) electrons. The Morgan fingerprint density at radius 2 is 1.50 bits per heavy atom. The Morgan fingerprint density at radius 3 is 2.00 bits per heavy atom. The predicted molar refractivity (Wildman–Crippen MR) is 151 cm³/mol. The number of piperazine rings is 1. The highest BCUT2D eigenvalue weighted by molar-refractivity contribution is 5.85. The molecule has 0 aliphatic carbocycles. The highest BCUT2D eigenvalue weighted by Crippen LogP contribution is 2.30. The number of carbonyl (C=O) groups is 1. The predicted octanol–water partition coefficient (Wildman–Crippen LogP) is 6.95. The van der Waals surface area contributed by atoms with Gasteiger partial charge in [0.15, 0.2) is 0 Å². The van der Waals surface area contributed by atoms with E-state index in [2.05, 4.69) is 24.8 Å². The minimum atomic E-state index is -0.445. The number of hydrogen-bond donors (Lipinski definition) is 0. The van der Waals surface area contributed by atoms with E-state index < -0.39 is 4.92 Å². The number of hydrogen-bond acceptors (Lipinski definition) is 4. The highest BCUT2D eigenvalue weighted by atomic mass is 35.5. The molecule has 0 bridgehead atoms. The van der Waals surface area contributed by atoms with Crippen molar-refractivity contribution in [1.29, 1.82) is 0 Å². The molecule has 1 aromatic carbocycles. The van der Waals surface area contributed by atoms with Gasteiger partial charge in [0.05, 0.1) is 10.8 Å². The van der Waals surface area contributed by atoms with E-state index in [9.17, 15) is 14.9 Å². The summed E-state index contributed by atoms with van der Waals surface area (Å²) >= 11 is 0. The first-order valence-electron chi connectivity index (χ1n) is 13.7. The molecule has 1 amide bonds. The maximum atomic E-state index is 13.5. The molecule has 1 aromatic rings. The molecule has 1 aliphatic rings. The van der Waals surface area contributed by atoms with Gasteiger partial charge in [0.2, 0.25) is 5.91 Å². The summed E-state index contributed by atoms with van der Waals surface area (Å²) in [6, 6.07) is 4.94. The van der Waals surface area contributed by atoms with Gasteiger partial charge in [0.25, 0.3) is 5.69 Å². The average molecular weight is 520 g/mol. The smallest absolute Gasteiger partial charge is 0.285 e. The maximum Gasteiger partial charge on any atom is 0.285 e. The fourth-order valence-electron chi connectivity index (χ4n) is 4.91. The lowest BCUT2D eigenvalue weighted by Gasteiger charge is -2.34. The van der Waals surface area contributed by atoms with Crippen LogP contribution < -0.4 is 0 Å². The number of halogens is 1. The fraction of sp³-hybridized carbons (Fsp3) is 0.690. The number of amides is 1. The van der Waals surface area contributed by atoms with Gasteiger partial charge in [0.1, 0.15) is 5.56 Å². The number of rotatable bonds is 16. The molecular weight excluding hydrogens is 474 g/mol. The van der Waals surface area contributed by atoms with Gasteiger partial charge in [-0.1, -0.05) is 96.0 Å². The summed E-state index contributed by atoms with van der Waals surface area (Å²) in [4.78, 5) is 28.7. The Hall–Kier alpha value is -2.10. The Labute approximate surface area is 224 Å². The van der Waals surface area contributed by atoms with E-state index in [1.807, 2.05) is 4.90 Å². The first kappa shape index (κ1) is 31.9. The number of unbranched alkanes of at least 4 members (excludes halogenated alkanes) is 11. The van der Waals surface area contributed by atoms with E-state index in [-0.39, 0.29) is 35.5 Å². The summed E-state index contributed by atoms with van der Waals surface area (Å²) in [5, 5.41) is 11.5. The quantitative estimate of drug-likeness (QED) is 0.103. The highest BCUT2D eigenvalue weighted by Gasteiger charge is 2.29. The molecule has 0 saturated carbocycles. The van der Waals surface area contributed by atoms with Crippen molar-refractivity contribution in [1.82, 2.24) is 9.80 Å². The Morgan fingerprint density at radius 1 is 0.972 bits per heavy atom. The van der Waals surface area contributed by atoms with Crippen molar-refractivity contribution in [3.63, 3.8) is 0 Å². The van der Waals surface area contributed by atoms with Crippen LogP contribution >= 0.6 is 12.4 Å². The van der Waals surface area contributed by atoms with E-state index in [1.165, 1.54) is 70.3 Å². The van der Waals surface area contributed by atoms with Crippen molar-refractivity contribution in [2.45, 2.75) is 96.3 Å². The van der Waals surface area contributed by atoms with Crippen LogP contribution in [0, 0.1) is 22.5 Å². The molecule has 36 heavy (non-hydrogen) atoms. The minimum Gasteiger partial charge on any atom is -0.340 e. The van der Waals surface area contributed by atoms with Gasteiger partial charge in [-0.3, -0.25) is 14.9 Å². The van der Waals surface area contributed by atoms with Gasteiger partial charge in [-0.2, -0.15) is 0 Å². The topological polar surface area (TPSA) is 66.7 Å². The second kappa shape index (κ2) is 18.2. The van der Waals surface area contributed by atoms with Crippen LogP contribution in [0.15, 0.2) is 18.2 Å². The second-order valence-electron chi connectivity index (χ2n) is 10.0. The Bertz CT molecular complexity index is 832. The number of nitrogens with zero attached hydrogens (tertiary/aromatic N) is 3. The molecule has 1 atom stereocenters. The molecule has 1 saturated heterocycles. The normalized spacial score (nSPS) is 14.6. The van der Waals surface area contributed by atoms with E-state index in [0.29, 0.717) is 18.7 Å². The van der Waals surface area contributed by atoms with Crippen molar-refractivity contribution in [2.24, 2.45) is 0 Å². The molecular formula is C29H46ClN3O3. The standard InChI is InChI=1S/C29H45N3O3.ClH/c1-4-6-7-8-9-10-11-12-13-14-15-16-17-27(29(33)31-22-20-30(3)21-23-31)26-19-18-25(5-2)28(24-26)32(34)35;/h2,18-19,24,27H,4,6-17,20-23H2,1,3H3;1H. The molecule has 2 rings (SSSR count). The summed E-state index contributed by atoms with van der Waals surface area (Å²) in [6.45, 7) is 5.37. The van der Waals surface area contributed by atoms with E-state index >= 15 is 0 Å². The zero-order chi connectivity index (χ0) is 25.5. The first-order chi connectivity index (χ1) is 17.0. The van der Waals surface area contributed by atoms with Crippen LogP contribution in [0.1, 0.15) is 107 Å². The Balaban J connectivity index is 0.00000648. The minimum absolute atomic E-state index is 0. The van der Waals surface area contributed by atoms with Crippen molar-refractivity contribution in [3.8, 4) is 12.3 Å². The number of carbonyl (C=O) groups excluding carboxylic acids is 1. The monoisotopic (exact) mass is 519 g/mol. The van der Waals surface area contributed by atoms with Gasteiger partial charge < -0.3 is 9.80 Å². The molecule has 0 aromatic heterocycles. The molecule has 1 unspecified atom stereocenters. The number of benzene rings is 1. The summed E-state index contributed by atoms with van der Waals surface area (Å²) < 4.78 is 0. The van der Waals surface area contributed by atoms with Crippen molar-refractivity contribution < 1.29 is 9.72 Å². The molecule has 1 heterocycles. The number of likely N-dealkylation sites (N-methyl/N-ethyl adjacent to an activating group) is 1. The van der Waals surface area contributed by atoms with E-state index in [0.717, 1.165) is 32.4 Å². The van der Waals surface area contributed by atoms with Gasteiger partial charge in [-0.15, -0.1) is 18.8 Å². The number of nitro benzene ring substituents is 1. The lowest BCUT2D eigenvalue weighted by atomic mass is 9.90. The molecule has 6 nitrogen and oxygen atoms in total. The first-order valence-corrected chi connectivity index (χ1v) is 13.7. The third-order valence-electron chi connectivity index (χ3n) is 7.24.